The number of fused-ring (bicyclic) bond motifs is 3. The molecule has 0 bridgehead atoms. The minimum Gasteiger partial charge on any atom is -0.395 e. The second-order valence-corrected chi connectivity index (χ2v) is 9.36. The van der Waals surface area contributed by atoms with Crippen LogP contribution in [-0.4, -0.2) is 79.9 Å². The predicted molar refractivity (Wildman–Crippen MR) is 122 cm³/mol. The molecule has 1 aliphatic heterocycles. The molecule has 0 radical (unpaired) electrons. The second-order valence-electron chi connectivity index (χ2n) is 8.88. The van der Waals surface area contributed by atoms with Gasteiger partial charge in [0.1, 0.15) is 11.3 Å². The molecule has 8 nitrogen and oxygen atoms in total. The van der Waals surface area contributed by atoms with Gasteiger partial charge in [-0.05, 0) is 25.0 Å². The number of aliphatic hydroxyl groups is 1. The van der Waals surface area contributed by atoms with Gasteiger partial charge in [0.15, 0.2) is 0 Å². The molecule has 3 aliphatic rings. The Morgan fingerprint density at radius 2 is 1.91 bits per heavy atom. The average molecular weight is 458 g/mol. The third kappa shape index (κ3) is 3.84. The lowest BCUT2D eigenvalue weighted by atomic mass is 9.88. The lowest BCUT2D eigenvalue weighted by Gasteiger charge is -2.35. The Balaban J connectivity index is 1.49. The minimum atomic E-state index is -0.602. The number of rotatable bonds is 4. The molecule has 0 aromatic carbocycles. The predicted octanol–water partition coefficient (Wildman–Crippen LogP) is 0.778. The van der Waals surface area contributed by atoms with Crippen LogP contribution in [0.15, 0.2) is 16.6 Å². The zero-order valence-electron chi connectivity index (χ0n) is 18.0. The van der Waals surface area contributed by atoms with Crippen molar-refractivity contribution in [1.82, 2.24) is 24.2 Å². The van der Waals surface area contributed by atoms with E-state index in [-0.39, 0.29) is 18.1 Å². The number of imidazole rings is 1. The maximum Gasteiger partial charge on any atom is 0.296 e. The molecule has 0 spiro atoms. The van der Waals surface area contributed by atoms with Gasteiger partial charge in [-0.3, -0.25) is 18.9 Å². The maximum absolute atomic E-state index is 13.2. The fourth-order valence-electron chi connectivity index (χ4n) is 5.16. The fraction of sp³-hybridized carbons (Fsp3) is 0.565. The van der Waals surface area contributed by atoms with Gasteiger partial charge in [-0.15, -0.1) is 11.6 Å². The first kappa shape index (κ1) is 21.6. The van der Waals surface area contributed by atoms with Crippen LogP contribution in [-0.2, 0) is 4.79 Å². The maximum atomic E-state index is 13.2. The summed E-state index contributed by atoms with van der Waals surface area (Å²) in [6.45, 7) is 3.33. The number of amides is 1. The van der Waals surface area contributed by atoms with Crippen molar-refractivity contribution < 1.29 is 9.90 Å². The smallest absolute Gasteiger partial charge is 0.296 e. The molecule has 1 N–H and O–H groups in total. The molecule has 1 saturated carbocycles. The number of aromatic nitrogens is 3. The summed E-state index contributed by atoms with van der Waals surface area (Å²) in [4.78, 5) is 38.7. The van der Waals surface area contributed by atoms with Gasteiger partial charge >= 0.3 is 0 Å². The number of aliphatic hydroxyl groups excluding tert-OH is 1. The number of nitrogens with zero attached hydrogens (tertiary/aromatic N) is 5. The van der Waals surface area contributed by atoms with Crippen LogP contribution in [0.4, 0.5) is 0 Å². The molecule has 2 aromatic heterocycles. The first-order valence-corrected chi connectivity index (χ1v) is 11.9. The van der Waals surface area contributed by atoms with Crippen LogP contribution < -0.4 is 10.9 Å². The summed E-state index contributed by atoms with van der Waals surface area (Å²) in [6, 6.07) is 0. The molecule has 2 aromatic rings. The summed E-state index contributed by atoms with van der Waals surface area (Å²) in [7, 11) is 0. The molecule has 1 atom stereocenters. The van der Waals surface area contributed by atoms with Crippen molar-refractivity contribution in [2.45, 2.75) is 43.4 Å². The first-order chi connectivity index (χ1) is 15.6. The Labute approximate surface area is 191 Å². The van der Waals surface area contributed by atoms with Crippen LogP contribution in [0.1, 0.15) is 49.5 Å². The Hall–Kier alpha value is -2.29. The van der Waals surface area contributed by atoms with Crippen molar-refractivity contribution >= 4 is 35.2 Å². The Morgan fingerprint density at radius 1 is 1.16 bits per heavy atom. The van der Waals surface area contributed by atoms with E-state index in [9.17, 15) is 9.59 Å². The zero-order chi connectivity index (χ0) is 22.2. The Morgan fingerprint density at radius 3 is 2.62 bits per heavy atom. The molecule has 1 amide bonds. The SMILES string of the molecule is O=C(C1=Cc2nc(=O)c3cnc(C4CCCCC4)n3c2=CC1Cl)N1CCN(CCO)CC1. The summed E-state index contributed by atoms with van der Waals surface area (Å²) >= 11 is 6.69. The van der Waals surface area contributed by atoms with Crippen molar-refractivity contribution in [2.24, 2.45) is 0 Å². The Bertz CT molecular complexity index is 1160. The van der Waals surface area contributed by atoms with Crippen LogP contribution in [0.3, 0.4) is 0 Å². The van der Waals surface area contributed by atoms with E-state index in [4.69, 9.17) is 16.7 Å². The quantitative estimate of drug-likeness (QED) is 0.682. The highest BCUT2D eigenvalue weighted by Gasteiger charge is 2.30. The average Bonchev–Trinajstić information content (AvgIpc) is 3.26. The topological polar surface area (TPSA) is 91.0 Å². The lowest BCUT2D eigenvalue weighted by Crippen LogP contribution is -2.50. The summed E-state index contributed by atoms with van der Waals surface area (Å²) < 4.78 is 1.92. The van der Waals surface area contributed by atoms with Crippen molar-refractivity contribution in [3.8, 4) is 0 Å². The van der Waals surface area contributed by atoms with Crippen molar-refractivity contribution in [3.63, 3.8) is 0 Å². The van der Waals surface area contributed by atoms with E-state index in [1.54, 1.807) is 17.2 Å². The third-order valence-corrected chi connectivity index (χ3v) is 7.28. The third-order valence-electron chi connectivity index (χ3n) is 6.92. The number of halogens is 1. The standard InChI is InChI=1S/C23H28ClN5O3/c24-17-13-19-18(12-16(17)23(32)28-8-6-27(7-9-28)10-11-30)26-22(31)20-14-25-21(29(19)20)15-4-2-1-3-5-15/h12-15,17,30H,1-11H2. The summed E-state index contributed by atoms with van der Waals surface area (Å²) in [5.74, 6) is 1.10. The molecule has 2 aliphatic carbocycles. The number of piperazine rings is 1. The number of hydrogen-bond donors (Lipinski definition) is 1. The highest BCUT2D eigenvalue weighted by atomic mass is 35.5. The second kappa shape index (κ2) is 8.92. The molecule has 170 valence electrons. The van der Waals surface area contributed by atoms with E-state index in [1.807, 2.05) is 10.5 Å². The van der Waals surface area contributed by atoms with Gasteiger partial charge in [0.05, 0.1) is 29.2 Å². The van der Waals surface area contributed by atoms with Crippen molar-refractivity contribution in [3.05, 3.63) is 39.0 Å². The molecule has 3 heterocycles. The van der Waals surface area contributed by atoms with Gasteiger partial charge in [-0.25, -0.2) is 9.97 Å². The van der Waals surface area contributed by atoms with E-state index in [1.165, 1.54) is 19.3 Å². The van der Waals surface area contributed by atoms with E-state index in [0.29, 0.717) is 42.3 Å². The van der Waals surface area contributed by atoms with Gasteiger partial charge in [-0.1, -0.05) is 19.3 Å². The van der Waals surface area contributed by atoms with Crippen LogP contribution in [0, 0.1) is 0 Å². The number of hydrogen-bond acceptors (Lipinski definition) is 6. The summed E-state index contributed by atoms with van der Waals surface area (Å²) in [6.07, 6.45) is 10.8. The number of carbonyl (C=O) groups is 1. The molecule has 9 heteroatoms. The highest BCUT2D eigenvalue weighted by molar-refractivity contribution is 6.30. The highest BCUT2D eigenvalue weighted by Crippen LogP contribution is 2.31. The van der Waals surface area contributed by atoms with Gasteiger partial charge in [0.25, 0.3) is 11.5 Å². The van der Waals surface area contributed by atoms with E-state index in [0.717, 1.165) is 37.1 Å². The largest absolute Gasteiger partial charge is 0.395 e. The normalized spacial score (nSPS) is 22.5. The van der Waals surface area contributed by atoms with Crippen LogP contribution >= 0.6 is 11.6 Å². The fourth-order valence-corrected chi connectivity index (χ4v) is 5.43. The van der Waals surface area contributed by atoms with Crippen molar-refractivity contribution in [1.29, 1.82) is 0 Å². The molecule has 1 unspecified atom stereocenters. The van der Waals surface area contributed by atoms with Gasteiger partial charge < -0.3 is 10.0 Å². The minimum absolute atomic E-state index is 0.114. The monoisotopic (exact) mass is 457 g/mol. The van der Waals surface area contributed by atoms with Crippen LogP contribution in [0.5, 0.6) is 0 Å². The van der Waals surface area contributed by atoms with E-state index >= 15 is 0 Å². The van der Waals surface area contributed by atoms with Gasteiger partial charge in [0.2, 0.25) is 0 Å². The van der Waals surface area contributed by atoms with Gasteiger partial charge in [0, 0.05) is 44.2 Å². The molecular weight excluding hydrogens is 430 g/mol. The van der Waals surface area contributed by atoms with Crippen molar-refractivity contribution in [2.75, 3.05) is 39.3 Å². The number of alkyl halides is 1. The molecule has 1 saturated heterocycles. The molecular formula is C23H28ClN5O3. The summed E-state index contributed by atoms with van der Waals surface area (Å²) in [5, 5.41) is 9.27. The van der Waals surface area contributed by atoms with E-state index < -0.39 is 5.38 Å². The molecule has 2 fully saturated rings. The Kier molecular flexibility index (Phi) is 6.01. The van der Waals surface area contributed by atoms with Gasteiger partial charge in [-0.2, -0.15) is 0 Å². The zero-order valence-corrected chi connectivity index (χ0v) is 18.8. The first-order valence-electron chi connectivity index (χ1n) is 11.5. The molecule has 32 heavy (non-hydrogen) atoms. The van der Waals surface area contributed by atoms with Crippen LogP contribution in [0.2, 0.25) is 0 Å². The number of β-amino-alcohol motifs (C(OH)–C–C–N with tert-alkyl or cyclic N) is 1. The van der Waals surface area contributed by atoms with E-state index in [2.05, 4.69) is 14.9 Å². The lowest BCUT2D eigenvalue weighted by molar-refractivity contribution is -0.128. The summed E-state index contributed by atoms with van der Waals surface area (Å²) in [5.41, 5.74) is 1.06. The number of carbonyl (C=O) groups excluding carboxylic acids is 1. The van der Waals surface area contributed by atoms with Crippen LogP contribution in [0.25, 0.3) is 17.7 Å². The molecule has 5 rings (SSSR count).